The van der Waals surface area contributed by atoms with Gasteiger partial charge in [-0.05, 0) is 29.8 Å². The second-order valence-electron chi connectivity index (χ2n) is 5.49. The van der Waals surface area contributed by atoms with Crippen LogP contribution in [-0.4, -0.2) is 20.6 Å². The lowest BCUT2D eigenvalue weighted by Gasteiger charge is -2.14. The Balaban J connectivity index is 2.32. The smallest absolute Gasteiger partial charge is 0.207 e. The van der Waals surface area contributed by atoms with Crippen molar-refractivity contribution in [2.45, 2.75) is 9.79 Å². The normalized spacial score (nSPS) is 11.3. The molecule has 26 heavy (non-hydrogen) atoms. The van der Waals surface area contributed by atoms with Crippen LogP contribution < -0.4 is 4.74 Å². The summed E-state index contributed by atoms with van der Waals surface area (Å²) >= 11 is 11.9. The Bertz CT molecular complexity index is 1040. The largest absolute Gasteiger partial charge is 0.504 e. The van der Waals surface area contributed by atoms with Crippen molar-refractivity contribution < 1.29 is 18.3 Å². The molecule has 4 nitrogen and oxygen atoms in total. The van der Waals surface area contributed by atoms with Crippen molar-refractivity contribution in [1.82, 2.24) is 0 Å². The van der Waals surface area contributed by atoms with Crippen LogP contribution in [0.3, 0.4) is 0 Å². The summed E-state index contributed by atoms with van der Waals surface area (Å²) < 4.78 is 31.6. The lowest BCUT2D eigenvalue weighted by atomic mass is 10.1. The molecule has 0 atom stereocenters. The van der Waals surface area contributed by atoms with E-state index in [9.17, 15) is 13.5 Å². The first kappa shape index (κ1) is 18.6. The van der Waals surface area contributed by atoms with Crippen LogP contribution >= 0.6 is 23.2 Å². The first-order valence-corrected chi connectivity index (χ1v) is 9.74. The van der Waals surface area contributed by atoms with Gasteiger partial charge in [0.1, 0.15) is 0 Å². The summed E-state index contributed by atoms with van der Waals surface area (Å²) in [6.45, 7) is 0. The number of aromatic hydroxyl groups is 1. The predicted octanol–water partition coefficient (Wildman–Crippen LogP) is 5.21. The Labute approximate surface area is 161 Å². The molecule has 0 aromatic heterocycles. The summed E-state index contributed by atoms with van der Waals surface area (Å²) in [4.78, 5) is -0.0587. The molecular weight excluding hydrogens is 395 g/mol. The van der Waals surface area contributed by atoms with Crippen LogP contribution in [0.15, 0.2) is 70.5 Å². The Morgan fingerprint density at radius 2 is 1.54 bits per heavy atom. The average Bonchev–Trinajstić information content (AvgIpc) is 2.61. The van der Waals surface area contributed by atoms with Crippen molar-refractivity contribution >= 4 is 33.0 Å². The molecule has 0 unspecified atom stereocenters. The lowest BCUT2D eigenvalue weighted by Crippen LogP contribution is -2.05. The van der Waals surface area contributed by atoms with Crippen molar-refractivity contribution in [2.24, 2.45) is 0 Å². The molecule has 1 N–H and O–H groups in total. The van der Waals surface area contributed by atoms with Gasteiger partial charge in [-0.2, -0.15) is 0 Å². The molecule has 0 saturated carbocycles. The minimum Gasteiger partial charge on any atom is -0.504 e. The lowest BCUT2D eigenvalue weighted by molar-refractivity contribution is 0.372. The molecule has 0 saturated heterocycles. The van der Waals surface area contributed by atoms with E-state index < -0.39 is 9.84 Å². The molecule has 0 aliphatic carbocycles. The molecule has 0 amide bonds. The fraction of sp³-hybridized carbons (Fsp3) is 0.0526. The van der Waals surface area contributed by atoms with Gasteiger partial charge in [0.2, 0.25) is 9.84 Å². The van der Waals surface area contributed by atoms with Crippen LogP contribution in [0.2, 0.25) is 10.0 Å². The van der Waals surface area contributed by atoms with Crippen molar-refractivity contribution in [2.75, 3.05) is 7.11 Å². The van der Waals surface area contributed by atoms with Crippen molar-refractivity contribution in [3.8, 4) is 22.6 Å². The van der Waals surface area contributed by atoms with Gasteiger partial charge < -0.3 is 9.84 Å². The number of hydrogen-bond donors (Lipinski definition) is 1. The monoisotopic (exact) mass is 408 g/mol. The fourth-order valence-electron chi connectivity index (χ4n) is 2.59. The number of halogens is 2. The summed E-state index contributed by atoms with van der Waals surface area (Å²) in [6, 6.07) is 15.7. The highest BCUT2D eigenvalue weighted by molar-refractivity contribution is 7.91. The Hall–Kier alpha value is -2.21. The number of benzene rings is 3. The standard InChI is InChI=1S/C19H14Cl2O4S/c1-25-18-11-19(16(10-17(18)22)12-5-3-2-4-6-12)26(23,24)15-8-13(20)7-14(21)9-15/h2-11,22H,1H3. The number of rotatable bonds is 4. The first-order chi connectivity index (χ1) is 12.3. The van der Waals surface area contributed by atoms with Gasteiger partial charge in [-0.3, -0.25) is 0 Å². The highest BCUT2D eigenvalue weighted by Gasteiger charge is 2.25. The molecule has 0 fully saturated rings. The number of hydrogen-bond acceptors (Lipinski definition) is 4. The molecule has 3 aromatic rings. The summed E-state index contributed by atoms with van der Waals surface area (Å²) in [5.74, 6) is -0.106. The quantitative estimate of drug-likeness (QED) is 0.643. The fourth-order valence-corrected chi connectivity index (χ4v) is 4.79. The molecule has 0 heterocycles. The van der Waals surface area contributed by atoms with E-state index in [1.165, 1.54) is 37.4 Å². The van der Waals surface area contributed by atoms with Crippen molar-refractivity contribution in [1.29, 1.82) is 0 Å². The van der Waals surface area contributed by atoms with Crippen LogP contribution in [0.4, 0.5) is 0 Å². The molecule has 0 radical (unpaired) electrons. The summed E-state index contributed by atoms with van der Waals surface area (Å²) in [6.07, 6.45) is 0. The van der Waals surface area contributed by atoms with Crippen molar-refractivity contribution in [3.63, 3.8) is 0 Å². The third kappa shape index (κ3) is 3.51. The van der Waals surface area contributed by atoms with Gasteiger partial charge in [0.25, 0.3) is 0 Å². The Morgan fingerprint density at radius 1 is 0.923 bits per heavy atom. The van der Waals surface area contributed by atoms with E-state index in [0.29, 0.717) is 11.1 Å². The highest BCUT2D eigenvalue weighted by atomic mass is 35.5. The van der Waals surface area contributed by atoms with E-state index in [4.69, 9.17) is 27.9 Å². The van der Waals surface area contributed by atoms with Gasteiger partial charge in [0.05, 0.1) is 16.9 Å². The molecule has 3 aromatic carbocycles. The molecule has 0 aliphatic heterocycles. The zero-order valence-corrected chi connectivity index (χ0v) is 15.9. The topological polar surface area (TPSA) is 63.6 Å². The van der Waals surface area contributed by atoms with Crippen molar-refractivity contribution in [3.05, 3.63) is 70.7 Å². The van der Waals surface area contributed by atoms with E-state index in [1.54, 1.807) is 24.3 Å². The summed E-state index contributed by atoms with van der Waals surface area (Å²) in [5, 5.41) is 10.6. The molecule has 3 rings (SSSR count). The van der Waals surface area contributed by atoms with Crippen LogP contribution in [0, 0.1) is 0 Å². The maximum Gasteiger partial charge on any atom is 0.207 e. The summed E-state index contributed by atoms with van der Waals surface area (Å²) in [7, 11) is -2.62. The molecule has 0 spiro atoms. The third-order valence-corrected chi connectivity index (χ3v) is 6.01. The molecule has 0 bridgehead atoms. The SMILES string of the molecule is COc1cc(S(=O)(=O)c2cc(Cl)cc(Cl)c2)c(-c2ccccc2)cc1O. The van der Waals surface area contributed by atoms with E-state index in [0.717, 1.165) is 0 Å². The molecule has 7 heteroatoms. The second kappa shape index (κ2) is 7.19. The Morgan fingerprint density at radius 3 is 2.12 bits per heavy atom. The second-order valence-corrected chi connectivity index (χ2v) is 8.29. The van der Waals surface area contributed by atoms with Crippen LogP contribution in [0.5, 0.6) is 11.5 Å². The Kier molecular flexibility index (Phi) is 5.14. The first-order valence-electron chi connectivity index (χ1n) is 7.50. The van der Waals surface area contributed by atoms with Crippen LogP contribution in [0.1, 0.15) is 0 Å². The number of methoxy groups -OCH3 is 1. The minimum atomic E-state index is -3.97. The van der Waals surface area contributed by atoms with Gasteiger partial charge in [0, 0.05) is 21.7 Å². The highest BCUT2D eigenvalue weighted by Crippen LogP contribution is 2.40. The minimum absolute atomic E-state index is 0.0170. The molecule has 134 valence electrons. The number of phenols is 1. The number of phenolic OH excluding ortho intramolecular Hbond substituents is 1. The zero-order valence-electron chi connectivity index (χ0n) is 13.6. The number of ether oxygens (including phenoxy) is 1. The van der Waals surface area contributed by atoms with Gasteiger partial charge in [-0.15, -0.1) is 0 Å². The maximum absolute atomic E-state index is 13.3. The van der Waals surface area contributed by atoms with Gasteiger partial charge >= 0.3 is 0 Å². The summed E-state index contributed by atoms with van der Waals surface area (Å²) in [5.41, 5.74) is 0.983. The van der Waals surface area contributed by atoms with Crippen LogP contribution in [0.25, 0.3) is 11.1 Å². The molecule has 0 aliphatic rings. The maximum atomic E-state index is 13.3. The average molecular weight is 409 g/mol. The van der Waals surface area contributed by atoms with E-state index in [-0.39, 0.29) is 31.3 Å². The predicted molar refractivity (Wildman–Crippen MR) is 102 cm³/mol. The van der Waals surface area contributed by atoms with Crippen LogP contribution in [-0.2, 0) is 9.84 Å². The number of sulfone groups is 1. The van der Waals surface area contributed by atoms with E-state index in [1.807, 2.05) is 6.07 Å². The zero-order chi connectivity index (χ0) is 18.9. The van der Waals surface area contributed by atoms with Gasteiger partial charge in [0.15, 0.2) is 11.5 Å². The third-order valence-electron chi connectivity index (χ3n) is 3.80. The van der Waals surface area contributed by atoms with Gasteiger partial charge in [-0.25, -0.2) is 8.42 Å². The van der Waals surface area contributed by atoms with E-state index >= 15 is 0 Å². The van der Waals surface area contributed by atoms with E-state index in [2.05, 4.69) is 0 Å². The van der Waals surface area contributed by atoms with Gasteiger partial charge in [-0.1, -0.05) is 53.5 Å². The molecular formula is C19H14Cl2O4S.